The molecule has 4 amide bonds. The largest absolute Gasteiger partial charge is 0.454 e. The average molecular weight is 404 g/mol. The number of benzene rings is 1. The van der Waals surface area contributed by atoms with Crippen molar-refractivity contribution in [2.75, 3.05) is 18.5 Å². The molecule has 0 atom stereocenters. The minimum absolute atomic E-state index is 0.403. The summed E-state index contributed by atoms with van der Waals surface area (Å²) in [6.45, 7) is 5.90. The van der Waals surface area contributed by atoms with Gasteiger partial charge in [-0.1, -0.05) is 17.4 Å². The number of thiazole rings is 1. The van der Waals surface area contributed by atoms with Crippen LogP contribution in [0.5, 0.6) is 0 Å². The number of amides is 4. The number of hydrogen-bond acceptors (Lipinski definition) is 7. The number of carbonyl (C=O) groups is 4. The van der Waals surface area contributed by atoms with Crippen LogP contribution in [0.2, 0.25) is 0 Å². The number of imide groups is 1. The van der Waals surface area contributed by atoms with Crippen LogP contribution in [0.15, 0.2) is 12.1 Å². The minimum atomic E-state index is -1.07. The van der Waals surface area contributed by atoms with E-state index in [0.717, 1.165) is 26.2 Å². The van der Waals surface area contributed by atoms with E-state index < -0.39 is 42.5 Å². The lowest BCUT2D eigenvalue weighted by Gasteiger charge is -2.15. The smallest absolute Gasteiger partial charge is 0.326 e. The monoisotopic (exact) mass is 404 g/mol. The second kappa shape index (κ2) is 7.19. The molecule has 28 heavy (non-hydrogen) atoms. The number of urea groups is 1. The molecule has 1 aliphatic heterocycles. The Labute approximate surface area is 165 Å². The Morgan fingerprint density at radius 3 is 2.64 bits per heavy atom. The van der Waals surface area contributed by atoms with Gasteiger partial charge in [-0.3, -0.25) is 24.6 Å². The van der Waals surface area contributed by atoms with Crippen LogP contribution in [0.4, 0.5) is 9.93 Å². The van der Waals surface area contributed by atoms with Gasteiger partial charge in [-0.15, -0.1) is 0 Å². The summed E-state index contributed by atoms with van der Waals surface area (Å²) in [6, 6.07) is 3.32. The van der Waals surface area contributed by atoms with E-state index in [4.69, 9.17) is 4.74 Å². The maximum absolute atomic E-state index is 12.0. The van der Waals surface area contributed by atoms with Gasteiger partial charge in [0, 0.05) is 0 Å². The molecule has 2 aromatic rings. The van der Waals surface area contributed by atoms with Crippen molar-refractivity contribution in [2.24, 2.45) is 0 Å². The zero-order chi connectivity index (χ0) is 20.6. The van der Waals surface area contributed by atoms with Gasteiger partial charge in [0.05, 0.1) is 10.2 Å². The quantitative estimate of drug-likeness (QED) is 0.579. The molecule has 9 nitrogen and oxygen atoms in total. The number of esters is 1. The third-order valence-corrected chi connectivity index (χ3v) is 5.09. The molecule has 3 rings (SSSR count). The van der Waals surface area contributed by atoms with Gasteiger partial charge in [0.1, 0.15) is 12.1 Å². The molecule has 2 N–H and O–H groups in total. The van der Waals surface area contributed by atoms with E-state index in [2.05, 4.69) is 15.6 Å². The van der Waals surface area contributed by atoms with Crippen molar-refractivity contribution in [3.05, 3.63) is 23.3 Å². The maximum Gasteiger partial charge on any atom is 0.326 e. The second-order valence-electron chi connectivity index (χ2n) is 7.10. The van der Waals surface area contributed by atoms with E-state index in [1.54, 1.807) is 0 Å². The number of nitrogens with one attached hydrogen (secondary N) is 2. The molecule has 1 aromatic carbocycles. The fraction of sp³-hybridized carbons (Fsp3) is 0.389. The van der Waals surface area contributed by atoms with Crippen molar-refractivity contribution < 1.29 is 23.9 Å². The Bertz CT molecular complexity index is 997. The normalized spacial score (nSPS) is 15.6. The lowest BCUT2D eigenvalue weighted by molar-refractivity contribution is -0.150. The van der Waals surface area contributed by atoms with Crippen molar-refractivity contribution in [3.8, 4) is 0 Å². The van der Waals surface area contributed by atoms with Gasteiger partial charge < -0.3 is 10.1 Å². The van der Waals surface area contributed by atoms with Crippen LogP contribution >= 0.6 is 11.3 Å². The van der Waals surface area contributed by atoms with Gasteiger partial charge in [-0.2, -0.15) is 0 Å². The number of anilines is 1. The number of hydrogen-bond donors (Lipinski definition) is 2. The van der Waals surface area contributed by atoms with E-state index >= 15 is 0 Å². The zero-order valence-electron chi connectivity index (χ0n) is 15.9. The van der Waals surface area contributed by atoms with Crippen LogP contribution in [-0.4, -0.2) is 52.4 Å². The Morgan fingerprint density at radius 1 is 1.29 bits per heavy atom. The topological polar surface area (TPSA) is 118 Å². The molecule has 0 radical (unpaired) electrons. The third-order valence-electron chi connectivity index (χ3n) is 4.17. The van der Waals surface area contributed by atoms with Crippen molar-refractivity contribution in [1.29, 1.82) is 0 Å². The standard InChI is InChI=1S/C18H20N4O5S/c1-9-5-10(2)14-11(6-9)28-16(20-14)19-12(23)8-27-13(24)7-22-15(25)18(3,4)21-17(22)26/h5-6H,7-8H2,1-4H3,(H,21,26)(H,19,20,23). The van der Waals surface area contributed by atoms with Crippen molar-refractivity contribution in [3.63, 3.8) is 0 Å². The van der Waals surface area contributed by atoms with Gasteiger partial charge >= 0.3 is 12.0 Å². The Morgan fingerprint density at radius 2 is 2.00 bits per heavy atom. The molecule has 1 aromatic heterocycles. The Hall–Kier alpha value is -3.01. The molecule has 0 aliphatic carbocycles. The molecule has 1 fully saturated rings. The van der Waals surface area contributed by atoms with Gasteiger partial charge in [0.25, 0.3) is 11.8 Å². The fourth-order valence-corrected chi connectivity index (χ4v) is 3.92. The number of fused-ring (bicyclic) bond motifs is 1. The molecule has 0 saturated carbocycles. The van der Waals surface area contributed by atoms with Crippen molar-refractivity contribution in [1.82, 2.24) is 15.2 Å². The summed E-state index contributed by atoms with van der Waals surface area (Å²) in [5, 5.41) is 5.45. The molecule has 10 heteroatoms. The highest BCUT2D eigenvalue weighted by molar-refractivity contribution is 7.22. The average Bonchev–Trinajstić information content (AvgIpc) is 3.06. The SMILES string of the molecule is Cc1cc(C)c2nc(NC(=O)COC(=O)CN3C(=O)NC(C)(C)C3=O)sc2c1. The van der Waals surface area contributed by atoms with Gasteiger partial charge in [-0.25, -0.2) is 9.78 Å². The predicted molar refractivity (Wildman–Crippen MR) is 103 cm³/mol. The molecular formula is C18H20N4O5S. The van der Waals surface area contributed by atoms with Gasteiger partial charge in [0.2, 0.25) is 0 Å². The Kier molecular flexibility index (Phi) is 5.07. The number of rotatable bonds is 5. The van der Waals surface area contributed by atoms with E-state index in [-0.39, 0.29) is 0 Å². The summed E-state index contributed by atoms with van der Waals surface area (Å²) in [4.78, 5) is 52.9. The lowest BCUT2D eigenvalue weighted by atomic mass is 10.1. The summed E-state index contributed by atoms with van der Waals surface area (Å²) < 4.78 is 5.82. The number of carbonyl (C=O) groups excluding carboxylic acids is 4. The first-order valence-electron chi connectivity index (χ1n) is 8.54. The number of ether oxygens (including phenoxy) is 1. The van der Waals surface area contributed by atoms with Crippen LogP contribution in [0.1, 0.15) is 25.0 Å². The van der Waals surface area contributed by atoms with Crippen LogP contribution in [0.3, 0.4) is 0 Å². The summed E-state index contributed by atoms with van der Waals surface area (Å²) in [5.74, 6) is -1.94. The van der Waals surface area contributed by atoms with Crippen LogP contribution in [0, 0.1) is 13.8 Å². The molecule has 1 saturated heterocycles. The molecule has 0 spiro atoms. The molecule has 0 unspecified atom stereocenters. The fourth-order valence-electron chi connectivity index (χ4n) is 2.86. The molecule has 148 valence electrons. The third kappa shape index (κ3) is 3.96. The van der Waals surface area contributed by atoms with E-state index in [0.29, 0.717) is 5.13 Å². The predicted octanol–water partition coefficient (Wildman–Crippen LogP) is 1.73. The molecule has 2 heterocycles. The zero-order valence-corrected chi connectivity index (χ0v) is 16.7. The number of nitrogens with zero attached hydrogens (tertiary/aromatic N) is 2. The maximum atomic E-state index is 12.0. The highest BCUT2D eigenvalue weighted by Gasteiger charge is 2.45. The van der Waals surface area contributed by atoms with E-state index in [1.165, 1.54) is 25.2 Å². The van der Waals surface area contributed by atoms with Gasteiger partial charge in [-0.05, 0) is 44.9 Å². The second-order valence-corrected chi connectivity index (χ2v) is 8.13. The van der Waals surface area contributed by atoms with E-state index in [1.807, 2.05) is 26.0 Å². The molecule has 1 aliphatic rings. The highest BCUT2D eigenvalue weighted by atomic mass is 32.1. The summed E-state index contributed by atoms with van der Waals surface area (Å²) in [6.07, 6.45) is 0. The van der Waals surface area contributed by atoms with Gasteiger partial charge in [0.15, 0.2) is 11.7 Å². The molecule has 0 bridgehead atoms. The minimum Gasteiger partial charge on any atom is -0.454 e. The van der Waals surface area contributed by atoms with E-state index in [9.17, 15) is 19.2 Å². The van der Waals surface area contributed by atoms with Crippen LogP contribution in [-0.2, 0) is 19.1 Å². The van der Waals surface area contributed by atoms with Crippen molar-refractivity contribution in [2.45, 2.75) is 33.2 Å². The first kappa shape index (κ1) is 19.7. The lowest BCUT2D eigenvalue weighted by Crippen LogP contribution is -2.41. The van der Waals surface area contributed by atoms with Crippen molar-refractivity contribution >= 4 is 50.5 Å². The summed E-state index contributed by atoms with van der Waals surface area (Å²) in [7, 11) is 0. The van der Waals surface area contributed by atoms with Crippen LogP contribution < -0.4 is 10.6 Å². The van der Waals surface area contributed by atoms with Crippen LogP contribution in [0.25, 0.3) is 10.2 Å². The summed E-state index contributed by atoms with van der Waals surface area (Å²) in [5.41, 5.74) is 1.85. The number of aryl methyl sites for hydroxylation is 2. The highest BCUT2D eigenvalue weighted by Crippen LogP contribution is 2.29. The first-order chi connectivity index (χ1) is 13.1. The number of aromatic nitrogens is 1. The molecular weight excluding hydrogens is 384 g/mol. The first-order valence-corrected chi connectivity index (χ1v) is 9.36. The summed E-state index contributed by atoms with van der Waals surface area (Å²) >= 11 is 1.33. The Balaban J connectivity index is 1.54.